The molecule has 9 heteroatoms. The minimum atomic E-state index is 0.0186. The maximum Gasteiger partial charge on any atom is 0.252 e. The van der Waals surface area contributed by atoms with E-state index in [2.05, 4.69) is 77.0 Å². The Kier molecular flexibility index (Phi) is 7.27. The van der Waals surface area contributed by atoms with Gasteiger partial charge in [-0.1, -0.05) is 26.5 Å². The maximum atomic E-state index is 13.5. The summed E-state index contributed by atoms with van der Waals surface area (Å²) in [5, 5.41) is 10.3. The normalized spacial score (nSPS) is 17.0. The van der Waals surface area contributed by atoms with Crippen molar-refractivity contribution in [2.24, 2.45) is 13.0 Å². The Morgan fingerprint density at radius 1 is 1.09 bits per heavy atom. The Hall–Kier alpha value is -3.66. The summed E-state index contributed by atoms with van der Waals surface area (Å²) >= 11 is 0. The van der Waals surface area contributed by atoms with E-state index in [0.717, 1.165) is 97.7 Å². The summed E-state index contributed by atoms with van der Waals surface area (Å²) in [4.78, 5) is 24.2. The molecule has 2 aromatic carbocycles. The fourth-order valence-corrected chi connectivity index (χ4v) is 7.21. The summed E-state index contributed by atoms with van der Waals surface area (Å²) in [6.45, 7) is 16.2. The molecule has 0 bridgehead atoms. The Bertz CT molecular complexity index is 1740. The second-order valence-corrected chi connectivity index (χ2v) is 12.9. The fraction of sp³-hybridized carbons (Fsp3) is 0.471. The quantitative estimate of drug-likeness (QED) is 0.287. The SMILES string of the molecule is C=C(NOCC(C)C)c1ccc2c(c1)c1c3c(c4c(c1n2CCCN1CCN(C)CC1)CCc1nn(C)cc1-4)C(=O)NC3. The standard InChI is InChI=1S/C34H43N7O2/c1-21(2)20-43-37-22(3)23-7-10-29-25(17-23)31-26-18-35-34(42)32(26)30-24(8-9-28-27(30)19-39(5)36-28)33(31)41(29)12-6-11-40-15-13-38(4)14-16-40/h7,10,17,19,21,37H,3,6,8-9,11-16,18,20H2,1-2,4-5H3,(H,35,42). The number of hydrogen-bond donors (Lipinski definition) is 2. The average Bonchev–Trinajstić information content (AvgIpc) is 3.66. The zero-order valence-electron chi connectivity index (χ0n) is 25.9. The number of likely N-dealkylation sites (N-methyl/N-ethyl adjacent to an activating group) is 1. The Labute approximate surface area is 253 Å². The first-order chi connectivity index (χ1) is 20.8. The van der Waals surface area contributed by atoms with Gasteiger partial charge in [-0.15, -0.1) is 0 Å². The predicted molar refractivity (Wildman–Crippen MR) is 172 cm³/mol. The molecule has 0 unspecified atom stereocenters. The van der Waals surface area contributed by atoms with Crippen LogP contribution in [0.1, 0.15) is 53.0 Å². The van der Waals surface area contributed by atoms with Gasteiger partial charge in [-0.05, 0) is 62.0 Å². The first kappa shape index (κ1) is 28.1. The summed E-state index contributed by atoms with van der Waals surface area (Å²) in [5.74, 6) is 0.441. The lowest BCUT2D eigenvalue weighted by molar-refractivity contribution is 0.0582. The van der Waals surface area contributed by atoms with Gasteiger partial charge in [0.1, 0.15) is 0 Å². The van der Waals surface area contributed by atoms with Gasteiger partial charge in [0, 0.05) is 85.5 Å². The molecular weight excluding hydrogens is 538 g/mol. The highest BCUT2D eigenvalue weighted by Gasteiger charge is 2.35. The molecule has 9 nitrogen and oxygen atoms in total. The lowest BCUT2D eigenvalue weighted by Gasteiger charge is -2.32. The summed E-state index contributed by atoms with van der Waals surface area (Å²) < 4.78 is 4.43. The fourth-order valence-electron chi connectivity index (χ4n) is 7.21. The average molecular weight is 582 g/mol. The number of hydrogen-bond acceptors (Lipinski definition) is 6. The largest absolute Gasteiger partial charge is 0.348 e. The minimum Gasteiger partial charge on any atom is -0.348 e. The van der Waals surface area contributed by atoms with E-state index < -0.39 is 0 Å². The maximum absolute atomic E-state index is 13.5. The topological polar surface area (TPSA) is 79.6 Å². The molecule has 0 radical (unpaired) electrons. The molecule has 1 aliphatic carbocycles. The number of benzene rings is 2. The van der Waals surface area contributed by atoms with Crippen molar-refractivity contribution in [3.63, 3.8) is 0 Å². The molecule has 2 aromatic heterocycles. The predicted octanol–water partition coefficient (Wildman–Crippen LogP) is 4.32. The molecule has 4 aromatic rings. The van der Waals surface area contributed by atoms with Crippen LogP contribution >= 0.6 is 0 Å². The summed E-state index contributed by atoms with van der Waals surface area (Å²) in [7, 11) is 4.18. The number of nitrogens with one attached hydrogen (secondary N) is 2. The number of piperazine rings is 1. The number of aryl methyl sites for hydroxylation is 4. The number of carbonyl (C=O) groups is 1. The molecule has 0 saturated carbocycles. The van der Waals surface area contributed by atoms with Crippen molar-refractivity contribution in [1.82, 2.24) is 34.9 Å². The monoisotopic (exact) mass is 581 g/mol. The van der Waals surface area contributed by atoms with Crippen molar-refractivity contribution in [3.8, 4) is 11.1 Å². The number of nitrogens with zero attached hydrogens (tertiary/aromatic N) is 5. The van der Waals surface area contributed by atoms with Crippen LogP contribution in [0, 0.1) is 5.92 Å². The first-order valence-corrected chi connectivity index (χ1v) is 15.7. The van der Waals surface area contributed by atoms with Gasteiger partial charge in [-0.2, -0.15) is 5.10 Å². The summed E-state index contributed by atoms with van der Waals surface area (Å²) in [5.41, 5.74) is 13.8. The van der Waals surface area contributed by atoms with Crippen molar-refractivity contribution < 1.29 is 9.63 Å². The second-order valence-electron chi connectivity index (χ2n) is 12.9. The van der Waals surface area contributed by atoms with E-state index in [-0.39, 0.29) is 5.91 Å². The molecule has 2 aliphatic heterocycles. The van der Waals surface area contributed by atoms with Crippen LogP contribution in [0.2, 0.25) is 0 Å². The van der Waals surface area contributed by atoms with Gasteiger partial charge >= 0.3 is 0 Å². The van der Waals surface area contributed by atoms with Crippen molar-refractivity contribution in [3.05, 3.63) is 58.9 Å². The Morgan fingerprint density at radius 2 is 1.91 bits per heavy atom. The van der Waals surface area contributed by atoms with E-state index in [4.69, 9.17) is 9.94 Å². The molecule has 1 amide bonds. The van der Waals surface area contributed by atoms with Crippen LogP contribution in [0.4, 0.5) is 0 Å². The van der Waals surface area contributed by atoms with Gasteiger partial charge in [-0.3, -0.25) is 19.8 Å². The lowest BCUT2D eigenvalue weighted by atomic mass is 9.82. The number of aromatic nitrogens is 3. The van der Waals surface area contributed by atoms with Crippen LogP contribution in [0.15, 0.2) is 31.0 Å². The van der Waals surface area contributed by atoms with Crippen LogP contribution in [0.3, 0.4) is 0 Å². The van der Waals surface area contributed by atoms with Crippen LogP contribution in [0.5, 0.6) is 0 Å². The minimum absolute atomic E-state index is 0.0186. The van der Waals surface area contributed by atoms with E-state index in [9.17, 15) is 4.79 Å². The first-order valence-electron chi connectivity index (χ1n) is 15.7. The molecule has 1 saturated heterocycles. The zero-order valence-corrected chi connectivity index (χ0v) is 25.9. The molecule has 226 valence electrons. The molecule has 1 fully saturated rings. The van der Waals surface area contributed by atoms with Crippen LogP contribution in [-0.2, 0) is 37.8 Å². The van der Waals surface area contributed by atoms with E-state index in [1.165, 1.54) is 27.4 Å². The lowest BCUT2D eigenvalue weighted by Crippen LogP contribution is -2.44. The van der Waals surface area contributed by atoms with E-state index >= 15 is 0 Å². The van der Waals surface area contributed by atoms with Gasteiger partial charge in [-0.25, -0.2) is 0 Å². The smallest absolute Gasteiger partial charge is 0.252 e. The molecule has 4 heterocycles. The van der Waals surface area contributed by atoms with Crippen molar-refractivity contribution in [2.45, 2.75) is 46.2 Å². The highest BCUT2D eigenvalue weighted by Crippen LogP contribution is 2.47. The third-order valence-electron chi connectivity index (χ3n) is 9.36. The second kappa shape index (κ2) is 11.1. The van der Waals surface area contributed by atoms with Crippen molar-refractivity contribution >= 4 is 33.4 Å². The zero-order chi connectivity index (χ0) is 29.8. The highest BCUT2D eigenvalue weighted by molar-refractivity contribution is 6.19. The summed E-state index contributed by atoms with van der Waals surface area (Å²) in [6.07, 6.45) is 4.91. The van der Waals surface area contributed by atoms with Crippen molar-refractivity contribution in [2.75, 3.05) is 46.4 Å². The van der Waals surface area contributed by atoms with E-state index in [1.54, 1.807) is 0 Å². The number of fused-ring (bicyclic) bond motifs is 10. The Balaban J connectivity index is 1.37. The van der Waals surface area contributed by atoms with Crippen LogP contribution < -0.4 is 10.8 Å². The summed E-state index contributed by atoms with van der Waals surface area (Å²) in [6, 6.07) is 6.61. The van der Waals surface area contributed by atoms with Crippen LogP contribution in [0.25, 0.3) is 38.6 Å². The van der Waals surface area contributed by atoms with Gasteiger partial charge < -0.3 is 19.7 Å². The number of carbonyl (C=O) groups excluding carboxylic acids is 1. The molecular formula is C34H43N7O2. The van der Waals surface area contributed by atoms with Crippen molar-refractivity contribution in [1.29, 1.82) is 0 Å². The number of rotatable bonds is 9. The highest BCUT2D eigenvalue weighted by atomic mass is 16.6. The molecule has 0 atom stereocenters. The number of hydroxylamine groups is 1. The van der Waals surface area contributed by atoms with Gasteiger partial charge in [0.05, 0.1) is 29.1 Å². The third kappa shape index (κ3) is 4.93. The molecule has 3 aliphatic rings. The third-order valence-corrected chi connectivity index (χ3v) is 9.36. The van der Waals surface area contributed by atoms with Crippen LogP contribution in [-0.4, -0.2) is 76.4 Å². The molecule has 7 rings (SSSR count). The van der Waals surface area contributed by atoms with E-state index in [1.807, 2.05) is 11.7 Å². The molecule has 0 spiro atoms. The molecule has 2 N–H and O–H groups in total. The van der Waals surface area contributed by atoms with Gasteiger partial charge in [0.2, 0.25) is 0 Å². The Morgan fingerprint density at radius 3 is 2.70 bits per heavy atom. The number of amides is 1. The molecule has 43 heavy (non-hydrogen) atoms. The van der Waals surface area contributed by atoms with Gasteiger partial charge in [0.25, 0.3) is 5.91 Å². The van der Waals surface area contributed by atoms with Gasteiger partial charge in [0.15, 0.2) is 0 Å². The van der Waals surface area contributed by atoms with E-state index in [0.29, 0.717) is 19.1 Å².